The van der Waals surface area contributed by atoms with Gasteiger partial charge in [0.15, 0.2) is 9.75 Å². The summed E-state index contributed by atoms with van der Waals surface area (Å²) in [4.78, 5) is 23.0. The van der Waals surface area contributed by atoms with E-state index < -0.39 is 27.5 Å². The Morgan fingerprint density at radius 2 is 2.04 bits per heavy atom. The number of imide groups is 1. The van der Waals surface area contributed by atoms with Gasteiger partial charge in [-0.1, -0.05) is 34.7 Å². The summed E-state index contributed by atoms with van der Waals surface area (Å²) >= 11 is 16.7. The van der Waals surface area contributed by atoms with Crippen LogP contribution in [0.15, 0.2) is 47.0 Å². The zero-order valence-electron chi connectivity index (χ0n) is 12.7. The van der Waals surface area contributed by atoms with Crippen molar-refractivity contribution in [2.75, 3.05) is 7.05 Å². The van der Waals surface area contributed by atoms with Crippen LogP contribution in [0.3, 0.4) is 0 Å². The van der Waals surface area contributed by atoms with E-state index in [1.54, 1.807) is 24.3 Å². The summed E-state index contributed by atoms with van der Waals surface area (Å²) in [5.74, 6) is -1.96. The van der Waals surface area contributed by atoms with Gasteiger partial charge in [-0.15, -0.1) is 23.2 Å². The van der Waals surface area contributed by atoms with Crippen molar-refractivity contribution in [3.8, 4) is 5.75 Å². The molecule has 7 heteroatoms. The van der Waals surface area contributed by atoms with Gasteiger partial charge in [0.2, 0.25) is 0 Å². The van der Waals surface area contributed by atoms with Crippen LogP contribution < -0.4 is 0 Å². The van der Waals surface area contributed by atoms with E-state index in [1.165, 1.54) is 13.1 Å². The molecule has 1 heterocycles. The highest BCUT2D eigenvalue weighted by atomic mass is 79.9. The van der Waals surface area contributed by atoms with Crippen LogP contribution in [0.5, 0.6) is 5.75 Å². The van der Waals surface area contributed by atoms with Gasteiger partial charge < -0.3 is 5.11 Å². The number of halogens is 3. The molecule has 0 aromatic heterocycles. The fourth-order valence-electron chi connectivity index (χ4n) is 3.47. The van der Waals surface area contributed by atoms with Crippen LogP contribution in [-0.2, 0) is 9.59 Å². The zero-order chi connectivity index (χ0) is 17.9. The molecule has 2 amide bonds. The van der Waals surface area contributed by atoms with E-state index in [1.807, 2.05) is 0 Å². The minimum atomic E-state index is -1.74. The van der Waals surface area contributed by atoms with Crippen LogP contribution in [0.25, 0.3) is 0 Å². The van der Waals surface area contributed by atoms with Gasteiger partial charge in [-0.2, -0.15) is 0 Å². The Balaban J connectivity index is 2.33. The quantitative estimate of drug-likeness (QED) is 0.574. The van der Waals surface area contributed by atoms with Crippen LogP contribution in [-0.4, -0.2) is 38.6 Å². The molecule has 3 rings (SSSR count). The SMILES string of the molecule is C=CC1=CCC2(Cl)C(=O)N(C)C(=O)C2(Cl)C1c1cc(Br)ccc1O. The maximum atomic E-state index is 12.9. The third-order valence-electron chi connectivity index (χ3n) is 4.72. The standard InChI is InChI=1S/C17H14BrCl2NO3/c1-3-9-6-7-16(19)14(23)21(2)15(24)17(16,20)13(9)11-8-10(18)4-5-12(11)22/h3-6,8,13,22H,1,7H2,2H3. The fourth-order valence-corrected chi connectivity index (χ4v) is 4.77. The molecular formula is C17H14BrCl2NO3. The normalized spacial score (nSPS) is 32.6. The molecule has 1 saturated heterocycles. The number of benzene rings is 1. The number of phenols is 1. The van der Waals surface area contributed by atoms with E-state index in [-0.39, 0.29) is 12.2 Å². The first-order valence-electron chi connectivity index (χ1n) is 7.19. The molecule has 4 nitrogen and oxygen atoms in total. The first-order valence-corrected chi connectivity index (χ1v) is 8.74. The molecule has 1 aliphatic carbocycles. The number of nitrogens with zero attached hydrogens (tertiary/aromatic N) is 1. The fraction of sp³-hybridized carbons (Fsp3) is 0.294. The number of amides is 2. The smallest absolute Gasteiger partial charge is 0.253 e. The number of hydrogen-bond donors (Lipinski definition) is 1. The second kappa shape index (κ2) is 5.61. The molecule has 126 valence electrons. The van der Waals surface area contributed by atoms with E-state index in [4.69, 9.17) is 23.2 Å². The first kappa shape index (κ1) is 17.5. The topological polar surface area (TPSA) is 57.6 Å². The van der Waals surface area contributed by atoms with Crippen molar-refractivity contribution in [3.05, 3.63) is 52.5 Å². The van der Waals surface area contributed by atoms with Gasteiger partial charge in [0.25, 0.3) is 11.8 Å². The third-order valence-corrected chi connectivity index (χ3v) is 6.63. The molecule has 0 spiro atoms. The Morgan fingerprint density at radius 1 is 1.38 bits per heavy atom. The summed E-state index contributed by atoms with van der Waals surface area (Å²) in [6, 6.07) is 4.83. The van der Waals surface area contributed by atoms with E-state index in [9.17, 15) is 14.7 Å². The molecule has 1 N–H and O–H groups in total. The number of rotatable bonds is 2. The lowest BCUT2D eigenvalue weighted by Gasteiger charge is -2.42. The van der Waals surface area contributed by atoms with Crippen LogP contribution in [0.1, 0.15) is 17.9 Å². The third kappa shape index (κ3) is 2.04. The minimum absolute atomic E-state index is 0.0355. The molecule has 1 aromatic carbocycles. The summed E-state index contributed by atoms with van der Waals surface area (Å²) in [5.41, 5.74) is 1.05. The largest absolute Gasteiger partial charge is 0.508 e. The highest BCUT2D eigenvalue weighted by Gasteiger charge is 2.72. The maximum absolute atomic E-state index is 12.9. The number of phenolic OH excluding ortho intramolecular Hbond substituents is 1. The van der Waals surface area contributed by atoms with Crippen molar-refractivity contribution in [1.29, 1.82) is 0 Å². The van der Waals surface area contributed by atoms with Crippen molar-refractivity contribution in [1.82, 2.24) is 4.90 Å². The number of carbonyl (C=O) groups excluding carboxylic acids is 2. The van der Waals surface area contributed by atoms with Gasteiger partial charge >= 0.3 is 0 Å². The van der Waals surface area contributed by atoms with Crippen LogP contribution in [0.4, 0.5) is 0 Å². The average molecular weight is 431 g/mol. The van der Waals surface area contributed by atoms with Gasteiger partial charge in [-0.3, -0.25) is 14.5 Å². The van der Waals surface area contributed by atoms with Gasteiger partial charge in [-0.05, 0) is 30.2 Å². The van der Waals surface area contributed by atoms with Crippen molar-refractivity contribution < 1.29 is 14.7 Å². The number of hydrogen-bond acceptors (Lipinski definition) is 3. The molecule has 3 atom stereocenters. The molecular weight excluding hydrogens is 417 g/mol. The molecule has 2 aliphatic rings. The number of alkyl halides is 2. The number of carbonyl (C=O) groups is 2. The Kier molecular flexibility index (Phi) is 4.10. The average Bonchev–Trinajstić information content (AvgIpc) is 2.69. The predicted octanol–water partition coefficient (Wildman–Crippen LogP) is 3.71. The molecule has 1 aromatic rings. The Hall–Kier alpha value is -1.30. The van der Waals surface area contributed by atoms with Crippen molar-refractivity contribution in [2.24, 2.45) is 0 Å². The van der Waals surface area contributed by atoms with Crippen LogP contribution in [0, 0.1) is 0 Å². The Bertz CT molecular complexity index is 809. The minimum Gasteiger partial charge on any atom is -0.508 e. The number of likely N-dealkylation sites (tertiary alicyclic amines) is 1. The van der Waals surface area contributed by atoms with E-state index in [2.05, 4.69) is 22.5 Å². The van der Waals surface area contributed by atoms with Gasteiger partial charge in [-0.25, -0.2) is 0 Å². The Morgan fingerprint density at radius 3 is 2.67 bits per heavy atom. The summed E-state index contributed by atoms with van der Waals surface area (Å²) in [6.07, 6.45) is 3.43. The van der Waals surface area contributed by atoms with Crippen molar-refractivity contribution >= 4 is 50.9 Å². The highest BCUT2D eigenvalue weighted by molar-refractivity contribution is 9.10. The first-order chi connectivity index (χ1) is 11.2. The van der Waals surface area contributed by atoms with E-state index >= 15 is 0 Å². The van der Waals surface area contributed by atoms with Crippen LogP contribution >= 0.6 is 39.1 Å². The lowest BCUT2D eigenvalue weighted by atomic mass is 9.68. The van der Waals surface area contributed by atoms with Gasteiger partial charge in [0, 0.05) is 23.0 Å². The summed E-state index contributed by atoms with van der Waals surface area (Å²) in [7, 11) is 1.36. The van der Waals surface area contributed by atoms with E-state index in [0.717, 1.165) is 4.90 Å². The summed E-state index contributed by atoms with van der Waals surface area (Å²) < 4.78 is 0.704. The molecule has 0 bridgehead atoms. The summed E-state index contributed by atoms with van der Waals surface area (Å²) in [6.45, 7) is 3.77. The Labute approximate surface area is 157 Å². The summed E-state index contributed by atoms with van der Waals surface area (Å²) in [5, 5.41) is 10.3. The second-order valence-corrected chi connectivity index (χ2v) is 8.09. The lowest BCUT2D eigenvalue weighted by molar-refractivity contribution is -0.137. The monoisotopic (exact) mass is 429 g/mol. The van der Waals surface area contributed by atoms with Crippen LogP contribution in [0.2, 0.25) is 0 Å². The highest BCUT2D eigenvalue weighted by Crippen LogP contribution is 2.59. The molecule has 0 saturated carbocycles. The zero-order valence-corrected chi connectivity index (χ0v) is 15.8. The van der Waals surface area contributed by atoms with E-state index in [0.29, 0.717) is 15.6 Å². The van der Waals surface area contributed by atoms with Gasteiger partial charge in [0.05, 0.1) is 0 Å². The predicted molar refractivity (Wildman–Crippen MR) is 96.4 cm³/mol. The maximum Gasteiger partial charge on any atom is 0.253 e. The lowest BCUT2D eigenvalue weighted by Crippen LogP contribution is -2.54. The van der Waals surface area contributed by atoms with Crippen molar-refractivity contribution in [2.45, 2.75) is 22.1 Å². The number of allylic oxidation sites excluding steroid dienone is 3. The number of aromatic hydroxyl groups is 1. The molecule has 1 aliphatic heterocycles. The molecule has 0 radical (unpaired) electrons. The molecule has 1 fully saturated rings. The van der Waals surface area contributed by atoms with Crippen molar-refractivity contribution in [3.63, 3.8) is 0 Å². The number of fused-ring (bicyclic) bond motifs is 1. The molecule has 24 heavy (non-hydrogen) atoms. The second-order valence-electron chi connectivity index (χ2n) is 5.93. The molecule has 3 unspecified atom stereocenters. The van der Waals surface area contributed by atoms with Gasteiger partial charge in [0.1, 0.15) is 5.75 Å².